The monoisotopic (exact) mass is 373 g/mol. The van der Waals surface area contributed by atoms with Crippen LogP contribution in [0.1, 0.15) is 13.8 Å². The molecule has 1 atom stereocenters. The molecule has 0 spiro atoms. The molecule has 2 N–H and O–H groups in total. The molecule has 0 saturated heterocycles. The number of benzene rings is 1. The van der Waals surface area contributed by atoms with Crippen molar-refractivity contribution in [1.29, 1.82) is 5.26 Å². The van der Waals surface area contributed by atoms with Gasteiger partial charge < -0.3 is 4.74 Å². The normalized spacial score (nSPS) is 12.7. The molecule has 0 unspecified atom stereocenters. The number of hydrogen-bond donors (Lipinski definition) is 2. The van der Waals surface area contributed by atoms with Gasteiger partial charge >= 0.3 is 0 Å². The van der Waals surface area contributed by atoms with Crippen LogP contribution in [-0.2, 0) is 14.8 Å². The van der Waals surface area contributed by atoms with Gasteiger partial charge in [-0.25, -0.2) is 18.3 Å². The summed E-state index contributed by atoms with van der Waals surface area (Å²) in [6, 6.07) is 5.63. The molecule has 8 nitrogen and oxygen atoms in total. The molecule has 0 saturated carbocycles. The smallest absolute Gasteiger partial charge is 0.262 e. The van der Waals surface area contributed by atoms with Crippen molar-refractivity contribution in [3.05, 3.63) is 24.3 Å². The van der Waals surface area contributed by atoms with E-state index in [0.717, 1.165) is 4.31 Å². The van der Waals surface area contributed by atoms with Crippen LogP contribution in [-0.4, -0.2) is 49.7 Å². The average Bonchev–Trinajstić information content (AvgIpc) is 2.59. The van der Waals surface area contributed by atoms with Crippen molar-refractivity contribution < 1.29 is 27.5 Å². The summed E-state index contributed by atoms with van der Waals surface area (Å²) in [5, 5.41) is 17.8. The van der Waals surface area contributed by atoms with E-state index in [9.17, 15) is 17.6 Å². The molecule has 0 bridgehead atoms. The van der Waals surface area contributed by atoms with Crippen LogP contribution in [0.15, 0.2) is 29.2 Å². The Morgan fingerprint density at radius 3 is 2.44 bits per heavy atom. The van der Waals surface area contributed by atoms with Crippen LogP contribution < -0.4 is 10.2 Å². The van der Waals surface area contributed by atoms with Crippen molar-refractivity contribution in [2.45, 2.75) is 24.8 Å². The minimum absolute atomic E-state index is 0.154. The summed E-state index contributed by atoms with van der Waals surface area (Å²) in [4.78, 5) is 11.7. The number of hydrogen-bond acceptors (Lipinski definition) is 6. The fourth-order valence-electron chi connectivity index (χ4n) is 2.23. The maximum absolute atomic E-state index is 12.8. The Hall–Kier alpha value is -2.22. The van der Waals surface area contributed by atoms with Gasteiger partial charge in [0.05, 0.1) is 11.0 Å². The van der Waals surface area contributed by atoms with Gasteiger partial charge in [-0.1, -0.05) is 13.8 Å². The molecule has 0 aliphatic rings. The van der Waals surface area contributed by atoms with Crippen LogP contribution in [0.25, 0.3) is 0 Å². The molecule has 1 aromatic carbocycles. The second-order valence-corrected chi connectivity index (χ2v) is 7.27. The standard InChI is InChI=1S/C15H20FN3O5S/c1-11(2)14(15(20)18-21)19(9-8-17)25(22,23)13-5-3-12(4-6-13)24-10-7-16/h3-6,11,14,21H,7,9-10H2,1-2H3,(H,18,20)/t14-/m1/s1. The van der Waals surface area contributed by atoms with E-state index in [1.807, 2.05) is 0 Å². The van der Waals surface area contributed by atoms with Crippen LogP contribution >= 0.6 is 0 Å². The van der Waals surface area contributed by atoms with Crippen molar-refractivity contribution in [3.63, 3.8) is 0 Å². The Labute approximate surface area is 145 Å². The lowest BCUT2D eigenvalue weighted by atomic mass is 10.0. The van der Waals surface area contributed by atoms with Crippen LogP contribution in [0.2, 0.25) is 0 Å². The molecule has 0 aromatic heterocycles. The summed E-state index contributed by atoms with van der Waals surface area (Å²) in [6.45, 7) is 1.78. The summed E-state index contributed by atoms with van der Waals surface area (Å²) >= 11 is 0. The van der Waals surface area contributed by atoms with Crippen LogP contribution in [0.4, 0.5) is 4.39 Å². The highest BCUT2D eigenvalue weighted by atomic mass is 32.2. The average molecular weight is 373 g/mol. The number of amides is 1. The Kier molecular flexibility index (Phi) is 7.76. The maximum atomic E-state index is 12.8. The number of rotatable bonds is 9. The molecule has 0 aliphatic carbocycles. The minimum atomic E-state index is -4.19. The lowest BCUT2D eigenvalue weighted by molar-refractivity contribution is -0.134. The lowest BCUT2D eigenvalue weighted by Gasteiger charge is -2.30. The second kappa shape index (κ2) is 9.31. The van der Waals surface area contributed by atoms with Crippen molar-refractivity contribution in [2.24, 2.45) is 5.92 Å². The largest absolute Gasteiger partial charge is 0.491 e. The number of sulfonamides is 1. The highest BCUT2D eigenvalue weighted by molar-refractivity contribution is 7.89. The maximum Gasteiger partial charge on any atom is 0.262 e. The van der Waals surface area contributed by atoms with Gasteiger partial charge in [-0.3, -0.25) is 10.0 Å². The highest BCUT2D eigenvalue weighted by Gasteiger charge is 2.37. The van der Waals surface area contributed by atoms with E-state index in [2.05, 4.69) is 0 Å². The molecule has 0 radical (unpaired) electrons. The number of nitrogens with one attached hydrogen (secondary N) is 1. The third-order valence-corrected chi connectivity index (χ3v) is 5.16. The number of alkyl halides is 1. The molecule has 1 aromatic rings. The fourth-order valence-corrected chi connectivity index (χ4v) is 3.85. The zero-order chi connectivity index (χ0) is 19.0. The van der Waals surface area contributed by atoms with Gasteiger partial charge in [0.15, 0.2) is 0 Å². The summed E-state index contributed by atoms with van der Waals surface area (Å²) in [5.41, 5.74) is 1.43. The third-order valence-electron chi connectivity index (χ3n) is 3.32. The lowest BCUT2D eigenvalue weighted by Crippen LogP contribution is -2.51. The number of carbonyl (C=O) groups is 1. The van der Waals surface area contributed by atoms with Crippen molar-refractivity contribution in [2.75, 3.05) is 19.8 Å². The predicted octanol–water partition coefficient (Wildman–Crippen LogP) is 1.08. The zero-order valence-corrected chi connectivity index (χ0v) is 14.7. The fraction of sp³-hybridized carbons (Fsp3) is 0.467. The van der Waals surface area contributed by atoms with Gasteiger partial charge in [-0.05, 0) is 30.2 Å². The number of ether oxygens (including phenoxy) is 1. The van der Waals surface area contributed by atoms with Crippen LogP contribution in [0.5, 0.6) is 5.75 Å². The van der Waals surface area contributed by atoms with E-state index in [4.69, 9.17) is 15.2 Å². The summed E-state index contributed by atoms with van der Waals surface area (Å²) in [6.07, 6.45) is 0. The minimum Gasteiger partial charge on any atom is -0.491 e. The quantitative estimate of drug-likeness (QED) is 0.380. The van der Waals surface area contributed by atoms with Gasteiger partial charge in [0.25, 0.3) is 5.91 Å². The molecule has 1 rings (SSSR count). The van der Waals surface area contributed by atoms with Gasteiger partial charge in [-0.15, -0.1) is 0 Å². The zero-order valence-electron chi connectivity index (χ0n) is 13.8. The summed E-state index contributed by atoms with van der Waals surface area (Å²) < 4.78 is 43.5. The SMILES string of the molecule is CC(C)[C@H](C(=O)NO)N(CC#N)S(=O)(=O)c1ccc(OCCF)cc1. The third kappa shape index (κ3) is 5.12. The summed E-state index contributed by atoms with van der Waals surface area (Å²) in [7, 11) is -4.19. The molecule has 25 heavy (non-hydrogen) atoms. The highest BCUT2D eigenvalue weighted by Crippen LogP contribution is 2.24. The van der Waals surface area contributed by atoms with E-state index in [0.29, 0.717) is 0 Å². The number of halogens is 1. The molecule has 10 heteroatoms. The molecular weight excluding hydrogens is 353 g/mol. The van der Waals surface area contributed by atoms with Crippen LogP contribution in [0.3, 0.4) is 0 Å². The van der Waals surface area contributed by atoms with Crippen molar-refractivity contribution in [3.8, 4) is 11.8 Å². The first kappa shape index (κ1) is 20.8. The number of carbonyl (C=O) groups excluding carboxylic acids is 1. The topological polar surface area (TPSA) is 120 Å². The second-order valence-electron chi connectivity index (χ2n) is 5.38. The van der Waals surface area contributed by atoms with E-state index in [1.54, 1.807) is 19.9 Å². The van der Waals surface area contributed by atoms with Gasteiger partial charge in [-0.2, -0.15) is 9.57 Å². The van der Waals surface area contributed by atoms with Crippen LogP contribution in [0, 0.1) is 17.2 Å². The molecule has 0 fully saturated rings. The number of hydroxylamine groups is 1. The van der Waals surface area contributed by atoms with E-state index >= 15 is 0 Å². The molecule has 1 amide bonds. The van der Waals surface area contributed by atoms with Crippen molar-refractivity contribution >= 4 is 15.9 Å². The van der Waals surface area contributed by atoms with E-state index < -0.39 is 41.1 Å². The Balaban J connectivity index is 3.24. The van der Waals surface area contributed by atoms with Gasteiger partial charge in [0.1, 0.15) is 31.6 Å². The van der Waals surface area contributed by atoms with E-state index in [-0.39, 0.29) is 17.3 Å². The first-order chi connectivity index (χ1) is 11.8. The first-order valence-corrected chi connectivity index (χ1v) is 8.85. The predicted molar refractivity (Wildman–Crippen MR) is 86.0 cm³/mol. The number of nitrogens with zero attached hydrogens (tertiary/aromatic N) is 2. The van der Waals surface area contributed by atoms with Gasteiger partial charge in [0.2, 0.25) is 10.0 Å². The molecular formula is C15H20FN3O5S. The number of nitriles is 1. The Bertz CT molecular complexity index is 716. The molecule has 0 aliphatic heterocycles. The van der Waals surface area contributed by atoms with Gasteiger partial charge in [0, 0.05) is 0 Å². The molecule has 138 valence electrons. The van der Waals surface area contributed by atoms with Crippen molar-refractivity contribution in [1.82, 2.24) is 9.79 Å². The Morgan fingerprint density at radius 2 is 2.00 bits per heavy atom. The van der Waals surface area contributed by atoms with E-state index in [1.165, 1.54) is 29.7 Å². The first-order valence-electron chi connectivity index (χ1n) is 7.41. The summed E-state index contributed by atoms with van der Waals surface area (Å²) in [5.74, 6) is -1.14. The Morgan fingerprint density at radius 1 is 1.40 bits per heavy atom. The molecule has 0 heterocycles.